The van der Waals surface area contributed by atoms with Gasteiger partial charge in [-0.3, -0.25) is 14.9 Å². The Balaban J connectivity index is 1.47. The standard InChI is InChI=1S/C19H14F3N3O2S2/c20-11-1-4-13(5-2-11)23-17(26)10-28-8-14-9-29-19(24-14)25-18(27)15-6-3-12(21)7-16(15)22/h1-7,9H,8,10H2,(H,23,26)(H,24,25,27). The lowest BCUT2D eigenvalue weighted by atomic mass is 10.2. The van der Waals surface area contributed by atoms with E-state index in [0.717, 1.165) is 23.5 Å². The molecule has 3 aromatic rings. The lowest BCUT2D eigenvalue weighted by Gasteiger charge is -2.04. The van der Waals surface area contributed by atoms with Crippen LogP contribution in [0.25, 0.3) is 0 Å². The lowest BCUT2D eigenvalue weighted by molar-refractivity contribution is -0.113. The molecule has 10 heteroatoms. The molecule has 2 aromatic carbocycles. The first-order chi connectivity index (χ1) is 13.9. The van der Waals surface area contributed by atoms with Crippen LogP contribution in [0.15, 0.2) is 47.8 Å². The van der Waals surface area contributed by atoms with Gasteiger partial charge in [-0.1, -0.05) is 0 Å². The Morgan fingerprint density at radius 1 is 1.00 bits per heavy atom. The third kappa shape index (κ3) is 6.06. The van der Waals surface area contributed by atoms with E-state index >= 15 is 0 Å². The monoisotopic (exact) mass is 437 g/mol. The van der Waals surface area contributed by atoms with Crippen molar-refractivity contribution in [3.63, 3.8) is 0 Å². The number of aromatic nitrogens is 1. The van der Waals surface area contributed by atoms with Crippen molar-refractivity contribution in [2.24, 2.45) is 0 Å². The number of nitrogens with one attached hydrogen (secondary N) is 2. The molecule has 0 fully saturated rings. The van der Waals surface area contributed by atoms with Crippen LogP contribution in [0.1, 0.15) is 16.1 Å². The molecular weight excluding hydrogens is 423 g/mol. The summed E-state index contributed by atoms with van der Waals surface area (Å²) >= 11 is 2.47. The summed E-state index contributed by atoms with van der Waals surface area (Å²) in [6.45, 7) is 0. The van der Waals surface area contributed by atoms with Crippen LogP contribution in [0, 0.1) is 17.5 Å². The van der Waals surface area contributed by atoms with Gasteiger partial charge in [0.2, 0.25) is 5.91 Å². The Kier molecular flexibility index (Phi) is 6.89. The summed E-state index contributed by atoms with van der Waals surface area (Å²) in [6.07, 6.45) is 0. The first kappa shape index (κ1) is 20.9. The zero-order valence-electron chi connectivity index (χ0n) is 14.7. The van der Waals surface area contributed by atoms with Crippen molar-refractivity contribution in [2.75, 3.05) is 16.4 Å². The van der Waals surface area contributed by atoms with Crippen molar-refractivity contribution in [3.05, 3.63) is 76.6 Å². The number of halogens is 3. The molecule has 0 bridgehead atoms. The van der Waals surface area contributed by atoms with Gasteiger partial charge in [-0.25, -0.2) is 18.2 Å². The van der Waals surface area contributed by atoms with Crippen LogP contribution >= 0.6 is 23.1 Å². The minimum absolute atomic E-state index is 0.164. The van der Waals surface area contributed by atoms with Gasteiger partial charge in [-0.2, -0.15) is 0 Å². The second-order valence-electron chi connectivity index (χ2n) is 5.77. The van der Waals surface area contributed by atoms with E-state index in [-0.39, 0.29) is 28.2 Å². The van der Waals surface area contributed by atoms with Crippen LogP contribution in [0.4, 0.5) is 24.0 Å². The summed E-state index contributed by atoms with van der Waals surface area (Å²) in [4.78, 5) is 28.2. The first-order valence-electron chi connectivity index (χ1n) is 8.24. The van der Waals surface area contributed by atoms with Crippen LogP contribution in [-0.2, 0) is 10.5 Å². The van der Waals surface area contributed by atoms with Gasteiger partial charge >= 0.3 is 0 Å². The number of carbonyl (C=O) groups excluding carboxylic acids is 2. The maximum atomic E-state index is 13.6. The van der Waals surface area contributed by atoms with E-state index in [1.54, 1.807) is 5.38 Å². The summed E-state index contributed by atoms with van der Waals surface area (Å²) in [7, 11) is 0. The van der Waals surface area contributed by atoms with Crippen LogP contribution in [-0.4, -0.2) is 22.6 Å². The van der Waals surface area contributed by atoms with E-state index < -0.39 is 17.5 Å². The van der Waals surface area contributed by atoms with Crippen molar-refractivity contribution in [2.45, 2.75) is 5.75 Å². The van der Waals surface area contributed by atoms with Gasteiger partial charge in [-0.05, 0) is 36.4 Å². The minimum atomic E-state index is -0.956. The van der Waals surface area contributed by atoms with E-state index in [1.165, 1.54) is 36.0 Å². The van der Waals surface area contributed by atoms with E-state index in [4.69, 9.17) is 0 Å². The Bertz CT molecular complexity index is 1030. The largest absolute Gasteiger partial charge is 0.325 e. The predicted octanol–water partition coefficient (Wildman–Crippen LogP) is 4.68. The molecule has 0 unspecified atom stereocenters. The van der Waals surface area contributed by atoms with Crippen molar-refractivity contribution in [3.8, 4) is 0 Å². The van der Waals surface area contributed by atoms with Crippen LogP contribution < -0.4 is 10.6 Å². The zero-order valence-corrected chi connectivity index (χ0v) is 16.4. The highest BCUT2D eigenvalue weighted by Crippen LogP contribution is 2.21. The normalized spacial score (nSPS) is 10.6. The fraction of sp³-hybridized carbons (Fsp3) is 0.105. The molecule has 0 spiro atoms. The summed E-state index contributed by atoms with van der Waals surface area (Å²) in [5, 5.41) is 7.09. The number of hydrogen-bond acceptors (Lipinski definition) is 5. The molecule has 5 nitrogen and oxygen atoms in total. The lowest BCUT2D eigenvalue weighted by Crippen LogP contribution is -2.14. The second-order valence-corrected chi connectivity index (χ2v) is 7.61. The summed E-state index contributed by atoms with van der Waals surface area (Å²) in [5.41, 5.74) is 0.864. The van der Waals surface area contributed by atoms with Crippen molar-refractivity contribution in [1.29, 1.82) is 0 Å². The number of amides is 2. The highest BCUT2D eigenvalue weighted by Gasteiger charge is 2.14. The molecule has 3 rings (SSSR count). The number of anilines is 2. The maximum absolute atomic E-state index is 13.6. The zero-order chi connectivity index (χ0) is 20.8. The van der Waals surface area contributed by atoms with Gasteiger partial charge in [0.05, 0.1) is 17.0 Å². The SMILES string of the molecule is O=C(CSCc1csc(NC(=O)c2ccc(F)cc2F)n1)Nc1ccc(F)cc1. The molecule has 0 aliphatic heterocycles. The molecule has 2 N–H and O–H groups in total. The van der Waals surface area contributed by atoms with Gasteiger partial charge in [0.15, 0.2) is 5.13 Å². The Labute approximate surface area is 172 Å². The molecule has 0 radical (unpaired) electrons. The van der Waals surface area contributed by atoms with Gasteiger partial charge in [0, 0.05) is 22.9 Å². The van der Waals surface area contributed by atoms with E-state index in [0.29, 0.717) is 23.2 Å². The number of hydrogen-bond donors (Lipinski definition) is 2. The number of thioether (sulfide) groups is 1. The highest BCUT2D eigenvalue weighted by molar-refractivity contribution is 7.99. The third-order valence-electron chi connectivity index (χ3n) is 3.56. The molecule has 0 saturated carbocycles. The number of benzene rings is 2. The first-order valence-corrected chi connectivity index (χ1v) is 10.3. The Hall–Kier alpha value is -2.85. The fourth-order valence-corrected chi connectivity index (χ4v) is 3.77. The van der Waals surface area contributed by atoms with Crippen molar-refractivity contribution < 1.29 is 22.8 Å². The predicted molar refractivity (Wildman–Crippen MR) is 108 cm³/mol. The summed E-state index contributed by atoms with van der Waals surface area (Å²) in [6, 6.07) is 8.14. The summed E-state index contributed by atoms with van der Waals surface area (Å²) in [5.74, 6) is -2.48. The van der Waals surface area contributed by atoms with Crippen molar-refractivity contribution in [1.82, 2.24) is 4.98 Å². The molecule has 0 atom stereocenters. The van der Waals surface area contributed by atoms with Gasteiger partial charge in [-0.15, -0.1) is 23.1 Å². The fourth-order valence-electron chi connectivity index (χ4n) is 2.25. The van der Waals surface area contributed by atoms with E-state index in [1.807, 2.05) is 0 Å². The van der Waals surface area contributed by atoms with Gasteiger partial charge in [0.25, 0.3) is 5.91 Å². The Morgan fingerprint density at radius 3 is 2.45 bits per heavy atom. The van der Waals surface area contributed by atoms with E-state index in [9.17, 15) is 22.8 Å². The quantitative estimate of drug-likeness (QED) is 0.563. The smallest absolute Gasteiger partial charge is 0.260 e. The van der Waals surface area contributed by atoms with Crippen LogP contribution in [0.3, 0.4) is 0 Å². The molecule has 29 heavy (non-hydrogen) atoms. The number of nitrogens with zero attached hydrogens (tertiary/aromatic N) is 1. The molecular formula is C19H14F3N3O2S2. The molecule has 0 aliphatic rings. The van der Waals surface area contributed by atoms with Gasteiger partial charge in [0.1, 0.15) is 17.5 Å². The topological polar surface area (TPSA) is 71.1 Å². The molecule has 2 amide bonds. The molecule has 150 valence electrons. The maximum Gasteiger partial charge on any atom is 0.260 e. The summed E-state index contributed by atoms with van der Waals surface area (Å²) < 4.78 is 39.4. The van der Waals surface area contributed by atoms with Crippen LogP contribution in [0.2, 0.25) is 0 Å². The van der Waals surface area contributed by atoms with Gasteiger partial charge < -0.3 is 5.32 Å². The minimum Gasteiger partial charge on any atom is -0.325 e. The van der Waals surface area contributed by atoms with Crippen molar-refractivity contribution >= 4 is 45.7 Å². The average Bonchev–Trinajstić information content (AvgIpc) is 3.10. The van der Waals surface area contributed by atoms with Crippen LogP contribution in [0.5, 0.6) is 0 Å². The molecule has 1 aromatic heterocycles. The van der Waals surface area contributed by atoms with E-state index in [2.05, 4.69) is 15.6 Å². The Morgan fingerprint density at radius 2 is 1.72 bits per heavy atom. The highest BCUT2D eigenvalue weighted by atomic mass is 32.2. The molecule has 0 aliphatic carbocycles. The number of carbonyl (C=O) groups is 2. The number of thiazole rings is 1. The molecule has 0 saturated heterocycles. The average molecular weight is 437 g/mol. The number of rotatable bonds is 7. The second kappa shape index (κ2) is 9.57. The molecule has 1 heterocycles. The third-order valence-corrected chi connectivity index (χ3v) is 5.33.